The number of anilines is 1. The molecule has 1 aliphatic carbocycles. The van der Waals surface area contributed by atoms with Crippen molar-refractivity contribution in [3.8, 4) is 0 Å². The molecule has 7 nitrogen and oxygen atoms in total. The van der Waals surface area contributed by atoms with E-state index in [1.54, 1.807) is 29.0 Å². The number of carbonyl (C=O) groups is 2. The van der Waals surface area contributed by atoms with Crippen LogP contribution in [0.5, 0.6) is 0 Å². The number of amides is 2. The summed E-state index contributed by atoms with van der Waals surface area (Å²) in [6.45, 7) is 4.14. The zero-order valence-electron chi connectivity index (χ0n) is 16.2. The largest absolute Gasteiger partial charge is 0.450 e. The molecule has 0 spiro atoms. The molecule has 2 aliphatic rings. The Labute approximate surface area is 161 Å². The van der Waals surface area contributed by atoms with Gasteiger partial charge < -0.3 is 19.9 Å². The second kappa shape index (κ2) is 9.58. The lowest BCUT2D eigenvalue weighted by molar-refractivity contribution is 0.0566. The van der Waals surface area contributed by atoms with Crippen molar-refractivity contribution in [3.63, 3.8) is 0 Å². The number of ether oxygens (including phenoxy) is 1. The average molecular weight is 374 g/mol. The summed E-state index contributed by atoms with van der Waals surface area (Å²) in [6.07, 6.45) is 9.06. The van der Waals surface area contributed by atoms with Crippen LogP contribution in [-0.4, -0.2) is 65.6 Å². The van der Waals surface area contributed by atoms with Crippen molar-refractivity contribution in [1.29, 1.82) is 0 Å². The monoisotopic (exact) mass is 374 g/mol. The quantitative estimate of drug-likeness (QED) is 0.820. The van der Waals surface area contributed by atoms with E-state index in [9.17, 15) is 9.59 Å². The van der Waals surface area contributed by atoms with Gasteiger partial charge in [-0.2, -0.15) is 0 Å². The fourth-order valence-electron chi connectivity index (χ4n) is 3.73. The molecule has 27 heavy (non-hydrogen) atoms. The molecule has 7 heteroatoms. The van der Waals surface area contributed by atoms with E-state index in [0.29, 0.717) is 44.5 Å². The molecule has 1 aromatic rings. The van der Waals surface area contributed by atoms with E-state index in [1.807, 2.05) is 6.07 Å². The molecule has 0 aromatic carbocycles. The van der Waals surface area contributed by atoms with Crippen LogP contribution in [0.15, 0.2) is 18.3 Å². The summed E-state index contributed by atoms with van der Waals surface area (Å²) >= 11 is 0. The molecule has 1 aromatic heterocycles. The van der Waals surface area contributed by atoms with E-state index in [4.69, 9.17) is 4.74 Å². The van der Waals surface area contributed by atoms with Gasteiger partial charge in [0.15, 0.2) is 0 Å². The van der Waals surface area contributed by atoms with Gasteiger partial charge in [-0.3, -0.25) is 4.79 Å². The van der Waals surface area contributed by atoms with E-state index in [1.165, 1.54) is 38.5 Å². The van der Waals surface area contributed by atoms with Gasteiger partial charge >= 0.3 is 6.09 Å². The first-order chi connectivity index (χ1) is 13.2. The van der Waals surface area contributed by atoms with Gasteiger partial charge in [0, 0.05) is 32.2 Å². The normalized spacial score (nSPS) is 18.7. The molecule has 1 aliphatic heterocycles. The van der Waals surface area contributed by atoms with Gasteiger partial charge in [-0.1, -0.05) is 25.7 Å². The van der Waals surface area contributed by atoms with Crippen molar-refractivity contribution in [2.75, 3.05) is 38.1 Å². The van der Waals surface area contributed by atoms with Crippen LogP contribution < -0.4 is 5.32 Å². The summed E-state index contributed by atoms with van der Waals surface area (Å²) in [7, 11) is 0. The van der Waals surface area contributed by atoms with Gasteiger partial charge in [-0.05, 0) is 31.9 Å². The number of nitrogens with zero attached hydrogens (tertiary/aromatic N) is 3. The van der Waals surface area contributed by atoms with Crippen molar-refractivity contribution < 1.29 is 14.3 Å². The van der Waals surface area contributed by atoms with Gasteiger partial charge in [0.1, 0.15) is 5.69 Å². The maximum Gasteiger partial charge on any atom is 0.409 e. The molecular weight excluding hydrogens is 344 g/mol. The Hall–Kier alpha value is -2.31. The standard InChI is InChI=1S/C20H30N4O3/c1-2-27-20(26)24-13-11-23(12-14-24)19(25)18-10-9-17(15-21-18)22-16-7-5-3-4-6-8-16/h9-10,15-16,22H,2-8,11-14H2,1H3. The van der Waals surface area contributed by atoms with E-state index in [2.05, 4.69) is 10.3 Å². The van der Waals surface area contributed by atoms with Crippen LogP contribution in [0.4, 0.5) is 10.5 Å². The molecular formula is C20H30N4O3. The van der Waals surface area contributed by atoms with Crippen molar-refractivity contribution in [2.45, 2.75) is 51.5 Å². The second-order valence-electron chi connectivity index (χ2n) is 7.24. The maximum absolute atomic E-state index is 12.7. The summed E-state index contributed by atoms with van der Waals surface area (Å²) in [5, 5.41) is 3.55. The Balaban J connectivity index is 1.51. The fraction of sp³-hybridized carbons (Fsp3) is 0.650. The molecule has 0 radical (unpaired) electrons. The van der Waals surface area contributed by atoms with Gasteiger partial charge in [-0.15, -0.1) is 0 Å². The zero-order valence-corrected chi connectivity index (χ0v) is 16.2. The molecule has 148 valence electrons. The van der Waals surface area contributed by atoms with E-state index in [-0.39, 0.29) is 12.0 Å². The van der Waals surface area contributed by atoms with Crippen molar-refractivity contribution in [3.05, 3.63) is 24.0 Å². The van der Waals surface area contributed by atoms with E-state index < -0.39 is 0 Å². The highest BCUT2D eigenvalue weighted by Crippen LogP contribution is 2.21. The summed E-state index contributed by atoms with van der Waals surface area (Å²) < 4.78 is 5.01. The molecule has 1 N–H and O–H groups in total. The number of rotatable bonds is 4. The van der Waals surface area contributed by atoms with Gasteiger partial charge in [-0.25, -0.2) is 9.78 Å². The Kier molecular flexibility index (Phi) is 6.90. The highest BCUT2D eigenvalue weighted by atomic mass is 16.6. The highest BCUT2D eigenvalue weighted by molar-refractivity contribution is 5.92. The van der Waals surface area contributed by atoms with Crippen LogP contribution in [0, 0.1) is 0 Å². The number of carbonyl (C=O) groups excluding carboxylic acids is 2. The molecule has 1 saturated heterocycles. The predicted octanol–water partition coefficient (Wildman–Crippen LogP) is 3.13. The summed E-state index contributed by atoms with van der Waals surface area (Å²) in [6, 6.07) is 4.24. The lowest BCUT2D eigenvalue weighted by Crippen LogP contribution is -2.50. The lowest BCUT2D eigenvalue weighted by Gasteiger charge is -2.33. The summed E-state index contributed by atoms with van der Waals surface area (Å²) in [4.78, 5) is 32.2. The first-order valence-corrected chi connectivity index (χ1v) is 10.1. The molecule has 1 saturated carbocycles. The third-order valence-corrected chi connectivity index (χ3v) is 5.30. The molecule has 3 rings (SSSR count). The van der Waals surface area contributed by atoms with Crippen LogP contribution in [-0.2, 0) is 4.74 Å². The molecule has 2 amide bonds. The number of piperazine rings is 1. The van der Waals surface area contributed by atoms with Crippen molar-refractivity contribution in [2.24, 2.45) is 0 Å². The Morgan fingerprint density at radius 2 is 1.74 bits per heavy atom. The molecule has 0 bridgehead atoms. The first-order valence-electron chi connectivity index (χ1n) is 10.1. The van der Waals surface area contributed by atoms with Crippen molar-refractivity contribution in [1.82, 2.24) is 14.8 Å². The molecule has 2 fully saturated rings. The van der Waals surface area contributed by atoms with Gasteiger partial charge in [0.2, 0.25) is 0 Å². The SMILES string of the molecule is CCOC(=O)N1CCN(C(=O)c2ccc(NC3CCCCCC3)cn2)CC1. The number of nitrogens with one attached hydrogen (secondary N) is 1. The molecule has 0 unspecified atom stereocenters. The first kappa shape index (κ1) is 19.5. The maximum atomic E-state index is 12.7. The van der Waals surface area contributed by atoms with Crippen LogP contribution in [0.2, 0.25) is 0 Å². The third kappa shape index (κ3) is 5.34. The lowest BCUT2D eigenvalue weighted by atomic mass is 10.1. The van der Waals surface area contributed by atoms with Crippen molar-refractivity contribution >= 4 is 17.7 Å². The number of hydrogen-bond donors (Lipinski definition) is 1. The number of hydrogen-bond acceptors (Lipinski definition) is 5. The van der Waals surface area contributed by atoms with Crippen LogP contribution in [0.1, 0.15) is 55.9 Å². The van der Waals surface area contributed by atoms with Gasteiger partial charge in [0.25, 0.3) is 5.91 Å². The minimum Gasteiger partial charge on any atom is -0.450 e. The Morgan fingerprint density at radius 1 is 1.07 bits per heavy atom. The Bertz CT molecular complexity index is 619. The summed E-state index contributed by atoms with van der Waals surface area (Å²) in [5.41, 5.74) is 1.43. The zero-order chi connectivity index (χ0) is 19.1. The highest BCUT2D eigenvalue weighted by Gasteiger charge is 2.26. The number of pyridine rings is 1. The van der Waals surface area contributed by atoms with E-state index in [0.717, 1.165) is 5.69 Å². The summed E-state index contributed by atoms with van der Waals surface area (Å²) in [5.74, 6) is -0.0838. The minimum absolute atomic E-state index is 0.0838. The molecule has 0 atom stereocenters. The van der Waals surface area contributed by atoms with Gasteiger partial charge in [0.05, 0.1) is 18.5 Å². The van der Waals surface area contributed by atoms with E-state index >= 15 is 0 Å². The fourth-order valence-corrected chi connectivity index (χ4v) is 3.73. The van der Waals surface area contributed by atoms with Crippen LogP contribution in [0.3, 0.4) is 0 Å². The Morgan fingerprint density at radius 3 is 2.33 bits per heavy atom. The second-order valence-corrected chi connectivity index (χ2v) is 7.24. The predicted molar refractivity (Wildman–Crippen MR) is 104 cm³/mol. The number of aromatic nitrogens is 1. The topological polar surface area (TPSA) is 74.8 Å². The third-order valence-electron chi connectivity index (χ3n) is 5.30. The van der Waals surface area contributed by atoms with Crippen LogP contribution in [0.25, 0.3) is 0 Å². The minimum atomic E-state index is -0.309. The smallest absolute Gasteiger partial charge is 0.409 e. The molecule has 2 heterocycles. The average Bonchev–Trinajstić information content (AvgIpc) is 2.97. The van der Waals surface area contributed by atoms with Crippen LogP contribution >= 0.6 is 0 Å².